The third kappa shape index (κ3) is 8.30. The first-order valence-electron chi connectivity index (χ1n) is 11.7. The van der Waals surface area contributed by atoms with Gasteiger partial charge in [0.25, 0.3) is 0 Å². The third-order valence-electron chi connectivity index (χ3n) is 5.54. The van der Waals surface area contributed by atoms with Gasteiger partial charge in [0.1, 0.15) is 11.4 Å². The van der Waals surface area contributed by atoms with Crippen LogP contribution in [0.2, 0.25) is 0 Å². The van der Waals surface area contributed by atoms with E-state index in [-0.39, 0.29) is 18.1 Å². The van der Waals surface area contributed by atoms with Crippen LogP contribution in [0.25, 0.3) is 6.08 Å². The van der Waals surface area contributed by atoms with Crippen LogP contribution >= 0.6 is 0 Å². The average Bonchev–Trinajstić information content (AvgIpc) is 2.79. The number of carbonyl (C=O) groups is 2. The van der Waals surface area contributed by atoms with E-state index in [1.54, 1.807) is 32.9 Å². The van der Waals surface area contributed by atoms with Crippen molar-refractivity contribution in [2.24, 2.45) is 0 Å². The number of alkyl carbamates (subject to hydrolysis) is 1. The minimum Gasteiger partial charge on any atom is -0.444 e. The van der Waals surface area contributed by atoms with Crippen molar-refractivity contribution in [2.75, 3.05) is 32.7 Å². The van der Waals surface area contributed by atoms with Gasteiger partial charge in [-0.2, -0.15) is 0 Å². The summed E-state index contributed by atoms with van der Waals surface area (Å²) < 4.78 is 18.8. The first-order valence-corrected chi connectivity index (χ1v) is 11.7. The van der Waals surface area contributed by atoms with Crippen molar-refractivity contribution in [2.45, 2.75) is 38.8 Å². The van der Waals surface area contributed by atoms with Crippen molar-refractivity contribution in [1.82, 2.24) is 15.1 Å². The Kier molecular flexibility index (Phi) is 8.82. The molecule has 1 unspecified atom stereocenters. The smallest absolute Gasteiger partial charge is 0.408 e. The molecule has 1 aliphatic heterocycles. The van der Waals surface area contributed by atoms with Gasteiger partial charge >= 0.3 is 6.09 Å². The summed E-state index contributed by atoms with van der Waals surface area (Å²) in [7, 11) is 0. The number of nitrogens with one attached hydrogen (secondary N) is 1. The van der Waals surface area contributed by atoms with Crippen molar-refractivity contribution < 1.29 is 18.7 Å². The molecule has 2 amide bonds. The van der Waals surface area contributed by atoms with Gasteiger partial charge in [-0.15, -0.1) is 0 Å². The summed E-state index contributed by atoms with van der Waals surface area (Å²) in [5.41, 5.74) is 1.16. The van der Waals surface area contributed by atoms with Crippen LogP contribution in [0.3, 0.4) is 0 Å². The zero-order valence-electron chi connectivity index (χ0n) is 20.2. The predicted octanol–water partition coefficient (Wildman–Crippen LogP) is 4.64. The minimum atomic E-state index is -0.660. The van der Waals surface area contributed by atoms with E-state index < -0.39 is 17.7 Å². The highest BCUT2D eigenvalue weighted by atomic mass is 19.1. The molecule has 34 heavy (non-hydrogen) atoms. The van der Waals surface area contributed by atoms with E-state index >= 15 is 0 Å². The fourth-order valence-corrected chi connectivity index (χ4v) is 3.78. The molecular weight excluding hydrogens is 433 g/mol. The molecule has 7 heteroatoms. The van der Waals surface area contributed by atoms with E-state index in [0.29, 0.717) is 18.7 Å². The molecule has 182 valence electrons. The summed E-state index contributed by atoms with van der Waals surface area (Å²) >= 11 is 0. The van der Waals surface area contributed by atoms with Crippen molar-refractivity contribution in [3.05, 3.63) is 77.6 Å². The molecule has 0 spiro atoms. The lowest BCUT2D eigenvalue weighted by atomic mass is 10.0. The third-order valence-corrected chi connectivity index (χ3v) is 5.54. The van der Waals surface area contributed by atoms with Gasteiger partial charge in [0.15, 0.2) is 0 Å². The van der Waals surface area contributed by atoms with E-state index in [9.17, 15) is 14.0 Å². The zero-order chi connectivity index (χ0) is 24.6. The lowest BCUT2D eigenvalue weighted by Crippen LogP contribution is -2.49. The number of benzene rings is 2. The molecular formula is C27H34FN3O3. The molecule has 2 aromatic rings. The maximum Gasteiger partial charge on any atom is 0.408 e. The molecule has 6 nitrogen and oxygen atoms in total. The van der Waals surface area contributed by atoms with E-state index in [1.165, 1.54) is 17.7 Å². The molecule has 1 N–H and O–H groups in total. The molecule has 1 atom stereocenters. The Morgan fingerprint density at radius 1 is 1.03 bits per heavy atom. The molecule has 1 heterocycles. The lowest BCUT2D eigenvalue weighted by molar-refractivity contribution is -0.133. The Morgan fingerprint density at radius 2 is 1.68 bits per heavy atom. The topological polar surface area (TPSA) is 61.9 Å². The molecule has 0 bridgehead atoms. The Morgan fingerprint density at radius 3 is 2.29 bits per heavy atom. The number of rotatable bonds is 7. The number of nitrogens with zero attached hydrogens (tertiary/aromatic N) is 2. The number of halogens is 1. The fraction of sp³-hybridized carbons (Fsp3) is 0.407. The van der Waals surface area contributed by atoms with Crippen molar-refractivity contribution >= 4 is 18.1 Å². The van der Waals surface area contributed by atoms with Gasteiger partial charge < -0.3 is 15.0 Å². The average molecular weight is 468 g/mol. The van der Waals surface area contributed by atoms with E-state index in [1.807, 2.05) is 23.1 Å². The van der Waals surface area contributed by atoms with Gasteiger partial charge in [0.2, 0.25) is 5.91 Å². The van der Waals surface area contributed by atoms with Gasteiger partial charge in [-0.1, -0.05) is 54.6 Å². The Hall–Kier alpha value is -3.19. The largest absolute Gasteiger partial charge is 0.444 e. The van der Waals surface area contributed by atoms with Crippen LogP contribution in [-0.2, 0) is 9.53 Å². The summed E-state index contributed by atoms with van der Waals surface area (Å²) in [5, 5.41) is 2.78. The van der Waals surface area contributed by atoms with Gasteiger partial charge in [-0.25, -0.2) is 9.18 Å². The Labute approximate surface area is 201 Å². The zero-order valence-corrected chi connectivity index (χ0v) is 20.2. The normalized spacial score (nSPS) is 15.8. The standard InChI is InChI=1S/C27H34FN3O3/c1-27(2,3)34-26(33)29-24(22-11-13-23(28)14-12-22)20-25(32)31-18-16-30(17-19-31)15-7-10-21-8-5-4-6-9-21/h4-14,24H,15-20H2,1-3H3,(H,29,33)/b10-7+. The lowest BCUT2D eigenvalue weighted by Gasteiger charge is -2.35. The number of piperazine rings is 1. The Balaban J connectivity index is 1.54. The minimum absolute atomic E-state index is 0.0511. The summed E-state index contributed by atoms with van der Waals surface area (Å²) in [6, 6.07) is 15.4. The van der Waals surface area contributed by atoms with Gasteiger partial charge in [-0.3, -0.25) is 9.69 Å². The van der Waals surface area contributed by atoms with Crippen LogP contribution in [0.4, 0.5) is 9.18 Å². The summed E-state index contributed by atoms with van der Waals surface area (Å²) in [6.07, 6.45) is 3.72. The van der Waals surface area contributed by atoms with Crippen molar-refractivity contribution in [1.29, 1.82) is 0 Å². The molecule has 1 aliphatic rings. The van der Waals surface area contributed by atoms with Crippen LogP contribution < -0.4 is 5.32 Å². The molecule has 0 aliphatic carbocycles. The maximum atomic E-state index is 13.4. The van der Waals surface area contributed by atoms with Crippen LogP contribution in [-0.4, -0.2) is 60.1 Å². The number of hydrogen-bond donors (Lipinski definition) is 1. The summed E-state index contributed by atoms with van der Waals surface area (Å²) in [4.78, 5) is 29.5. The van der Waals surface area contributed by atoms with E-state index in [2.05, 4.69) is 34.5 Å². The van der Waals surface area contributed by atoms with Gasteiger partial charge in [0.05, 0.1) is 12.5 Å². The predicted molar refractivity (Wildman–Crippen MR) is 132 cm³/mol. The second-order valence-corrected chi connectivity index (χ2v) is 9.45. The monoisotopic (exact) mass is 467 g/mol. The molecule has 0 saturated carbocycles. The van der Waals surface area contributed by atoms with Crippen LogP contribution in [0.5, 0.6) is 0 Å². The van der Waals surface area contributed by atoms with Gasteiger partial charge in [0, 0.05) is 32.7 Å². The number of amides is 2. The van der Waals surface area contributed by atoms with Crippen molar-refractivity contribution in [3.63, 3.8) is 0 Å². The first kappa shape index (κ1) is 25.4. The molecule has 0 radical (unpaired) electrons. The second-order valence-electron chi connectivity index (χ2n) is 9.45. The molecule has 1 saturated heterocycles. The summed E-state index contributed by atoms with van der Waals surface area (Å²) in [6.45, 7) is 8.98. The highest BCUT2D eigenvalue weighted by Crippen LogP contribution is 2.20. The van der Waals surface area contributed by atoms with Crippen LogP contribution in [0.1, 0.15) is 44.4 Å². The number of carbonyl (C=O) groups excluding carboxylic acids is 2. The summed E-state index contributed by atoms with van der Waals surface area (Å²) in [5.74, 6) is -0.423. The quantitative estimate of drug-likeness (QED) is 0.645. The molecule has 3 rings (SSSR count). The fourth-order valence-electron chi connectivity index (χ4n) is 3.78. The van der Waals surface area contributed by atoms with Crippen LogP contribution in [0, 0.1) is 5.82 Å². The Bertz CT molecular complexity index is 963. The maximum absolute atomic E-state index is 13.4. The highest BCUT2D eigenvalue weighted by molar-refractivity contribution is 5.78. The first-order chi connectivity index (χ1) is 16.2. The van der Waals surface area contributed by atoms with Crippen molar-refractivity contribution in [3.8, 4) is 0 Å². The molecule has 2 aromatic carbocycles. The molecule has 0 aromatic heterocycles. The second kappa shape index (κ2) is 11.8. The highest BCUT2D eigenvalue weighted by Gasteiger charge is 2.26. The van der Waals surface area contributed by atoms with E-state index in [4.69, 9.17) is 4.74 Å². The number of hydrogen-bond acceptors (Lipinski definition) is 4. The van der Waals surface area contributed by atoms with Gasteiger partial charge in [-0.05, 0) is 44.0 Å². The molecule has 1 fully saturated rings. The SMILES string of the molecule is CC(C)(C)OC(=O)NC(CC(=O)N1CCN(C/C=C/c2ccccc2)CC1)c1ccc(F)cc1. The van der Waals surface area contributed by atoms with Crippen LogP contribution in [0.15, 0.2) is 60.7 Å². The number of ether oxygens (including phenoxy) is 1. The van der Waals surface area contributed by atoms with E-state index in [0.717, 1.165) is 19.6 Å².